The van der Waals surface area contributed by atoms with Crippen LogP contribution in [-0.2, 0) is 10.1 Å². The van der Waals surface area contributed by atoms with Crippen LogP contribution in [0.25, 0.3) is 0 Å². The summed E-state index contributed by atoms with van der Waals surface area (Å²) in [6, 6.07) is 0. The molecule has 22 heavy (non-hydrogen) atoms. The number of nitrogens with one attached hydrogen (secondary N) is 1. The first-order valence-electron chi connectivity index (χ1n) is 8.28. The molecule has 0 rings (SSSR count). The average molecular weight is 345 g/mol. The van der Waals surface area contributed by atoms with E-state index in [1.165, 1.54) is 44.9 Å². The van der Waals surface area contributed by atoms with Gasteiger partial charge in [-0.15, -0.1) is 0 Å². The zero-order valence-corrected chi connectivity index (χ0v) is 17.2. The minimum Gasteiger partial charge on any atom is -0.748 e. The van der Waals surface area contributed by atoms with Crippen molar-refractivity contribution in [3.63, 3.8) is 0 Å². The molecule has 7 heteroatoms. The molecule has 0 aliphatic carbocycles. The Morgan fingerprint density at radius 2 is 1.50 bits per heavy atom. The molecule has 0 aliphatic heterocycles. The molecule has 0 amide bonds. The van der Waals surface area contributed by atoms with Crippen molar-refractivity contribution in [2.24, 2.45) is 0 Å². The summed E-state index contributed by atoms with van der Waals surface area (Å²) in [5.41, 5.74) is 0. The number of hydrogen-bond donors (Lipinski definition) is 2. The van der Waals surface area contributed by atoms with E-state index in [2.05, 4.69) is 12.2 Å². The van der Waals surface area contributed by atoms with Crippen LogP contribution in [0.1, 0.15) is 71.1 Å². The molecule has 2 N–H and O–H groups in total. The molecule has 5 nitrogen and oxygen atoms in total. The maximum atomic E-state index is 10.4. The Bertz CT molecular complexity index is 326. The standard InChI is InChI=1S/C15H33NO4S.Na/c1-2-3-4-5-6-7-8-9-10-11-15(17)14-16-12-13-21(18,19)20;/h15-17H,2-14H2,1H3,(H,18,19,20);/q;+1/p-1. The zero-order chi connectivity index (χ0) is 16.0. The second-order valence-corrected chi connectivity index (χ2v) is 7.26. The minimum absolute atomic E-state index is 0. The topological polar surface area (TPSA) is 89.5 Å². The van der Waals surface area contributed by atoms with Crippen molar-refractivity contribution in [3.05, 3.63) is 0 Å². The molecule has 0 spiro atoms. The van der Waals surface area contributed by atoms with E-state index in [-0.39, 0.29) is 36.1 Å². The van der Waals surface area contributed by atoms with Crippen LogP contribution in [0.2, 0.25) is 0 Å². The fraction of sp³-hybridized carbons (Fsp3) is 1.00. The fourth-order valence-corrected chi connectivity index (χ4v) is 2.65. The van der Waals surface area contributed by atoms with Crippen LogP contribution in [0.3, 0.4) is 0 Å². The second-order valence-electron chi connectivity index (χ2n) is 5.74. The Morgan fingerprint density at radius 1 is 1.00 bits per heavy atom. The summed E-state index contributed by atoms with van der Waals surface area (Å²) >= 11 is 0. The van der Waals surface area contributed by atoms with Crippen LogP contribution in [0.4, 0.5) is 0 Å². The van der Waals surface area contributed by atoms with Crippen molar-refractivity contribution in [2.45, 2.75) is 77.2 Å². The van der Waals surface area contributed by atoms with Gasteiger partial charge in [-0.2, -0.15) is 0 Å². The van der Waals surface area contributed by atoms with Crippen molar-refractivity contribution in [1.29, 1.82) is 0 Å². The number of rotatable bonds is 15. The summed E-state index contributed by atoms with van der Waals surface area (Å²) in [4.78, 5) is 0. The number of aliphatic hydroxyl groups is 1. The summed E-state index contributed by atoms with van der Waals surface area (Å²) in [7, 11) is -4.15. The van der Waals surface area contributed by atoms with Gasteiger partial charge in [0.15, 0.2) is 0 Å². The van der Waals surface area contributed by atoms with Gasteiger partial charge in [0.2, 0.25) is 0 Å². The van der Waals surface area contributed by atoms with Crippen molar-refractivity contribution in [2.75, 3.05) is 18.8 Å². The van der Waals surface area contributed by atoms with Gasteiger partial charge in [-0.1, -0.05) is 64.7 Å². The zero-order valence-electron chi connectivity index (χ0n) is 14.3. The Balaban J connectivity index is 0. The summed E-state index contributed by atoms with van der Waals surface area (Å²) < 4.78 is 31.1. The molecular weight excluding hydrogens is 313 g/mol. The molecule has 0 aliphatic rings. The Kier molecular flexibility index (Phi) is 19.0. The molecular formula is C15H32NNaO4S. The second kappa shape index (κ2) is 16.7. The van der Waals surface area contributed by atoms with E-state index in [1.54, 1.807) is 0 Å². The molecule has 0 aromatic heterocycles. The molecule has 1 atom stereocenters. The van der Waals surface area contributed by atoms with Gasteiger partial charge in [0.05, 0.1) is 22.0 Å². The van der Waals surface area contributed by atoms with E-state index in [1.807, 2.05) is 0 Å². The first kappa shape index (κ1) is 25.1. The van der Waals surface area contributed by atoms with Gasteiger partial charge < -0.3 is 15.0 Å². The first-order valence-corrected chi connectivity index (χ1v) is 9.85. The number of hydrogen-bond acceptors (Lipinski definition) is 5. The van der Waals surface area contributed by atoms with Gasteiger partial charge in [0, 0.05) is 13.1 Å². The number of unbranched alkanes of at least 4 members (excludes halogenated alkanes) is 8. The maximum Gasteiger partial charge on any atom is 1.00 e. The molecule has 0 saturated carbocycles. The van der Waals surface area contributed by atoms with Gasteiger partial charge >= 0.3 is 29.6 Å². The molecule has 0 aromatic carbocycles. The summed E-state index contributed by atoms with van der Waals surface area (Å²) in [6.07, 6.45) is 11.5. The third kappa shape index (κ3) is 20.8. The van der Waals surface area contributed by atoms with Gasteiger partial charge in [-0.05, 0) is 6.42 Å². The van der Waals surface area contributed by atoms with E-state index in [0.29, 0.717) is 6.54 Å². The third-order valence-corrected chi connectivity index (χ3v) is 4.25. The van der Waals surface area contributed by atoms with Crippen molar-refractivity contribution in [3.8, 4) is 0 Å². The van der Waals surface area contributed by atoms with Crippen molar-refractivity contribution < 1.29 is 47.6 Å². The van der Waals surface area contributed by atoms with Crippen LogP contribution < -0.4 is 34.9 Å². The quantitative estimate of drug-likeness (QED) is 0.235. The molecule has 0 fully saturated rings. The Hall–Kier alpha value is 0.830. The third-order valence-electron chi connectivity index (χ3n) is 3.55. The van der Waals surface area contributed by atoms with Crippen LogP contribution in [0.5, 0.6) is 0 Å². The molecule has 0 saturated heterocycles. The summed E-state index contributed by atoms with van der Waals surface area (Å²) in [6.45, 7) is 2.69. The smallest absolute Gasteiger partial charge is 0.748 e. The molecule has 1 unspecified atom stereocenters. The normalized spacial score (nSPS) is 12.9. The van der Waals surface area contributed by atoms with Crippen LogP contribution >= 0.6 is 0 Å². The van der Waals surface area contributed by atoms with Crippen LogP contribution in [0, 0.1) is 0 Å². The molecule has 0 radical (unpaired) electrons. The van der Waals surface area contributed by atoms with Gasteiger partial charge in [0.25, 0.3) is 0 Å². The predicted octanol–water partition coefficient (Wildman–Crippen LogP) is -0.593. The van der Waals surface area contributed by atoms with E-state index in [4.69, 9.17) is 0 Å². The van der Waals surface area contributed by atoms with Crippen LogP contribution in [-0.4, -0.2) is 43.0 Å². The van der Waals surface area contributed by atoms with E-state index in [9.17, 15) is 18.1 Å². The van der Waals surface area contributed by atoms with Gasteiger partial charge in [-0.3, -0.25) is 0 Å². The predicted molar refractivity (Wildman–Crippen MR) is 85.3 cm³/mol. The van der Waals surface area contributed by atoms with Crippen molar-refractivity contribution >= 4 is 10.1 Å². The summed E-state index contributed by atoms with van der Waals surface area (Å²) in [5, 5.41) is 12.5. The monoisotopic (exact) mass is 345 g/mol. The first-order chi connectivity index (χ1) is 9.95. The largest absolute Gasteiger partial charge is 1.00 e. The number of aliphatic hydroxyl groups excluding tert-OH is 1. The Labute approximate surface area is 158 Å². The average Bonchev–Trinajstić information content (AvgIpc) is 2.41. The summed E-state index contributed by atoms with van der Waals surface area (Å²) in [5.74, 6) is -0.419. The van der Waals surface area contributed by atoms with Gasteiger partial charge in [-0.25, -0.2) is 8.42 Å². The molecule has 0 bridgehead atoms. The van der Waals surface area contributed by atoms with Crippen molar-refractivity contribution in [1.82, 2.24) is 5.32 Å². The van der Waals surface area contributed by atoms with E-state index in [0.717, 1.165) is 19.3 Å². The SMILES string of the molecule is CCCCCCCCCCCC(O)CNCCS(=O)(=O)[O-].[Na+]. The van der Waals surface area contributed by atoms with E-state index >= 15 is 0 Å². The molecule has 128 valence electrons. The fourth-order valence-electron chi connectivity index (χ4n) is 2.26. The van der Waals surface area contributed by atoms with Gasteiger partial charge in [0.1, 0.15) is 0 Å². The Morgan fingerprint density at radius 3 is 2.00 bits per heavy atom. The minimum atomic E-state index is -4.15. The molecule has 0 heterocycles. The van der Waals surface area contributed by atoms with Crippen LogP contribution in [0.15, 0.2) is 0 Å². The van der Waals surface area contributed by atoms with E-state index < -0.39 is 22.0 Å². The maximum absolute atomic E-state index is 10.4. The molecule has 0 aromatic rings.